The van der Waals surface area contributed by atoms with Crippen LogP contribution in [0.2, 0.25) is 0 Å². The van der Waals surface area contributed by atoms with Gasteiger partial charge in [-0.25, -0.2) is 14.4 Å². The van der Waals surface area contributed by atoms with E-state index in [0.29, 0.717) is 47.0 Å². The third kappa shape index (κ3) is 3.45. The highest BCUT2D eigenvalue weighted by atomic mass is 19.1. The second-order valence-electron chi connectivity index (χ2n) is 7.10. The van der Waals surface area contributed by atoms with Crippen LogP contribution in [0.15, 0.2) is 18.2 Å². The van der Waals surface area contributed by atoms with Crippen molar-refractivity contribution in [2.45, 2.75) is 19.8 Å². The Morgan fingerprint density at radius 1 is 1.20 bits per heavy atom. The SMILES string of the molecule is COCCNc1nc2c(C)c(F)ccc2cc1C(C)c1nc2nc(N)nc(N)c2[nH]1. The molecule has 0 bridgehead atoms. The Labute approximate surface area is 172 Å². The molecule has 0 saturated carbocycles. The molecule has 0 aliphatic heterocycles. The summed E-state index contributed by atoms with van der Waals surface area (Å²) in [5, 5.41) is 4.13. The maximum absolute atomic E-state index is 14.1. The highest BCUT2D eigenvalue weighted by Gasteiger charge is 2.21. The third-order valence-electron chi connectivity index (χ3n) is 5.09. The zero-order valence-electron chi connectivity index (χ0n) is 17.0. The van der Waals surface area contributed by atoms with E-state index in [-0.39, 0.29) is 23.5 Å². The Balaban J connectivity index is 1.84. The number of nitrogen functional groups attached to an aromatic ring is 2. The molecule has 30 heavy (non-hydrogen) atoms. The highest BCUT2D eigenvalue weighted by Crippen LogP contribution is 2.33. The Hall–Kier alpha value is -3.53. The fourth-order valence-corrected chi connectivity index (χ4v) is 3.42. The van der Waals surface area contributed by atoms with E-state index >= 15 is 0 Å². The molecule has 4 aromatic rings. The van der Waals surface area contributed by atoms with E-state index < -0.39 is 0 Å². The second kappa shape index (κ2) is 7.71. The number of H-pyrrole nitrogens is 1. The van der Waals surface area contributed by atoms with Gasteiger partial charge in [0.05, 0.1) is 12.1 Å². The number of nitrogens with two attached hydrogens (primary N) is 2. The second-order valence-corrected chi connectivity index (χ2v) is 7.10. The van der Waals surface area contributed by atoms with Gasteiger partial charge in [0.2, 0.25) is 5.95 Å². The van der Waals surface area contributed by atoms with Crippen LogP contribution in [-0.2, 0) is 4.74 Å². The topological polar surface area (TPSA) is 141 Å². The molecule has 156 valence electrons. The van der Waals surface area contributed by atoms with Gasteiger partial charge in [-0.15, -0.1) is 0 Å². The lowest BCUT2D eigenvalue weighted by Crippen LogP contribution is -2.13. The Morgan fingerprint density at radius 3 is 2.77 bits per heavy atom. The van der Waals surface area contributed by atoms with Crippen molar-refractivity contribution in [1.82, 2.24) is 24.9 Å². The zero-order valence-corrected chi connectivity index (χ0v) is 17.0. The molecule has 0 radical (unpaired) electrons. The van der Waals surface area contributed by atoms with E-state index in [1.165, 1.54) is 6.07 Å². The molecule has 0 fully saturated rings. The highest BCUT2D eigenvalue weighted by molar-refractivity contribution is 5.86. The van der Waals surface area contributed by atoms with Crippen LogP contribution in [0.4, 0.5) is 22.0 Å². The summed E-state index contributed by atoms with van der Waals surface area (Å²) in [5.74, 6) is 1.11. The normalized spacial score (nSPS) is 12.5. The zero-order chi connectivity index (χ0) is 21.4. The molecule has 3 heterocycles. The molecule has 0 aliphatic carbocycles. The smallest absolute Gasteiger partial charge is 0.224 e. The maximum Gasteiger partial charge on any atom is 0.224 e. The Morgan fingerprint density at radius 2 is 2.00 bits per heavy atom. The van der Waals surface area contributed by atoms with E-state index in [0.717, 1.165) is 10.9 Å². The fourth-order valence-electron chi connectivity index (χ4n) is 3.42. The van der Waals surface area contributed by atoms with Crippen LogP contribution in [0.1, 0.15) is 29.8 Å². The summed E-state index contributed by atoms with van der Waals surface area (Å²) in [7, 11) is 1.63. The van der Waals surface area contributed by atoms with E-state index in [2.05, 4.69) is 25.3 Å². The standard InChI is InChI=1S/C20H23FN8O/c1-9(17-26-15-16(22)27-20(23)29-19(15)28-17)12-8-11-4-5-13(21)10(2)14(11)25-18(12)24-6-7-30-3/h4-5,8-9H,6-7H2,1-3H3,(H,24,25)(H5,22,23,26,27,28,29). The van der Waals surface area contributed by atoms with Crippen molar-refractivity contribution in [1.29, 1.82) is 0 Å². The van der Waals surface area contributed by atoms with Gasteiger partial charge in [0.25, 0.3) is 0 Å². The van der Waals surface area contributed by atoms with Crippen LogP contribution in [0.25, 0.3) is 22.1 Å². The number of halogens is 1. The summed E-state index contributed by atoms with van der Waals surface area (Å²) in [6, 6.07) is 5.17. The average molecular weight is 410 g/mol. The molecule has 3 aromatic heterocycles. The fraction of sp³-hybridized carbons (Fsp3) is 0.300. The van der Waals surface area contributed by atoms with E-state index in [9.17, 15) is 4.39 Å². The van der Waals surface area contributed by atoms with Gasteiger partial charge in [-0.2, -0.15) is 9.97 Å². The first-order chi connectivity index (χ1) is 14.4. The maximum atomic E-state index is 14.1. The van der Waals surface area contributed by atoms with Crippen molar-refractivity contribution in [2.24, 2.45) is 0 Å². The minimum atomic E-state index is -0.289. The molecule has 1 atom stereocenters. The molecule has 6 N–H and O–H groups in total. The Kier molecular flexibility index (Phi) is 5.08. The minimum absolute atomic E-state index is 0.0671. The molecule has 0 amide bonds. The Bertz CT molecular complexity index is 1240. The van der Waals surface area contributed by atoms with Gasteiger partial charge in [-0.05, 0) is 25.1 Å². The molecule has 10 heteroatoms. The number of pyridine rings is 1. The molecule has 9 nitrogen and oxygen atoms in total. The number of anilines is 3. The number of benzene rings is 1. The van der Waals surface area contributed by atoms with Gasteiger partial charge in [0.15, 0.2) is 11.5 Å². The first-order valence-corrected chi connectivity index (χ1v) is 9.50. The van der Waals surface area contributed by atoms with Gasteiger partial charge >= 0.3 is 0 Å². The van der Waals surface area contributed by atoms with Crippen LogP contribution in [-0.4, -0.2) is 45.2 Å². The van der Waals surface area contributed by atoms with Crippen LogP contribution < -0.4 is 16.8 Å². The van der Waals surface area contributed by atoms with Crippen LogP contribution >= 0.6 is 0 Å². The number of aromatic amines is 1. The quantitative estimate of drug-likeness (QED) is 0.356. The number of aromatic nitrogens is 5. The predicted octanol–water partition coefficient (Wildman–Crippen LogP) is 2.72. The first-order valence-electron chi connectivity index (χ1n) is 9.50. The molecule has 1 aromatic carbocycles. The van der Waals surface area contributed by atoms with Crippen LogP contribution in [0, 0.1) is 12.7 Å². The lowest BCUT2D eigenvalue weighted by Gasteiger charge is -2.17. The number of nitrogens with zero attached hydrogens (tertiary/aromatic N) is 4. The first kappa shape index (κ1) is 19.8. The van der Waals surface area contributed by atoms with Crippen molar-refractivity contribution >= 4 is 39.7 Å². The lowest BCUT2D eigenvalue weighted by atomic mass is 9.98. The number of hydrogen-bond donors (Lipinski definition) is 4. The number of ether oxygens (including phenoxy) is 1. The summed E-state index contributed by atoms with van der Waals surface area (Å²) in [5.41, 5.74) is 14.6. The van der Waals surface area contributed by atoms with Gasteiger partial charge in [-0.1, -0.05) is 6.92 Å². The average Bonchev–Trinajstić information content (AvgIpc) is 3.15. The van der Waals surface area contributed by atoms with Gasteiger partial charge in [0, 0.05) is 36.1 Å². The van der Waals surface area contributed by atoms with E-state index in [1.807, 2.05) is 13.0 Å². The van der Waals surface area contributed by atoms with Crippen molar-refractivity contribution in [2.75, 3.05) is 37.0 Å². The number of imidazole rings is 1. The summed E-state index contributed by atoms with van der Waals surface area (Å²) in [4.78, 5) is 20.6. The van der Waals surface area contributed by atoms with Crippen molar-refractivity contribution < 1.29 is 9.13 Å². The molecule has 0 aliphatic rings. The summed E-state index contributed by atoms with van der Waals surface area (Å²) in [6.45, 7) is 4.77. The van der Waals surface area contributed by atoms with Crippen LogP contribution in [0.3, 0.4) is 0 Å². The van der Waals surface area contributed by atoms with Gasteiger partial charge in [0.1, 0.15) is 23.0 Å². The summed E-state index contributed by atoms with van der Waals surface area (Å²) in [6.07, 6.45) is 0. The monoisotopic (exact) mass is 410 g/mol. The molecule has 0 saturated heterocycles. The van der Waals surface area contributed by atoms with E-state index in [4.69, 9.17) is 21.2 Å². The number of methoxy groups -OCH3 is 1. The molecule has 4 rings (SSSR count). The lowest BCUT2D eigenvalue weighted by molar-refractivity contribution is 0.210. The predicted molar refractivity (Wildman–Crippen MR) is 115 cm³/mol. The molecule has 1 unspecified atom stereocenters. The van der Waals surface area contributed by atoms with Crippen molar-refractivity contribution in [3.05, 3.63) is 41.0 Å². The number of nitrogens with one attached hydrogen (secondary N) is 2. The molecule has 0 spiro atoms. The third-order valence-corrected chi connectivity index (χ3v) is 5.09. The van der Waals surface area contributed by atoms with Gasteiger partial charge in [-0.3, -0.25) is 0 Å². The molecular weight excluding hydrogens is 387 g/mol. The number of aryl methyl sites for hydroxylation is 1. The molecular formula is C20H23FN8O. The number of hydrogen-bond acceptors (Lipinski definition) is 8. The van der Waals surface area contributed by atoms with Crippen molar-refractivity contribution in [3.8, 4) is 0 Å². The largest absolute Gasteiger partial charge is 0.383 e. The van der Waals surface area contributed by atoms with Crippen molar-refractivity contribution in [3.63, 3.8) is 0 Å². The minimum Gasteiger partial charge on any atom is -0.383 e. The van der Waals surface area contributed by atoms with Gasteiger partial charge < -0.3 is 26.5 Å². The van der Waals surface area contributed by atoms with E-state index in [1.54, 1.807) is 20.1 Å². The number of fused-ring (bicyclic) bond motifs is 2. The summed E-state index contributed by atoms with van der Waals surface area (Å²) >= 11 is 0. The summed E-state index contributed by atoms with van der Waals surface area (Å²) < 4.78 is 19.2. The van der Waals surface area contributed by atoms with Crippen LogP contribution in [0.5, 0.6) is 0 Å². The number of rotatable bonds is 6.